The fourth-order valence-corrected chi connectivity index (χ4v) is 1.83. The zero-order valence-electron chi connectivity index (χ0n) is 8.51. The molecule has 71 valence electrons. The third-order valence-electron chi connectivity index (χ3n) is 1.87. The van der Waals surface area contributed by atoms with Crippen molar-refractivity contribution in [1.29, 1.82) is 0 Å². The number of halogens is 1. The maximum absolute atomic E-state index is 11.6. The summed E-state index contributed by atoms with van der Waals surface area (Å²) in [5, 5.41) is 0.559. The Hall–Kier alpha value is 0.207. The first-order valence-corrected chi connectivity index (χ1v) is 5.34. The van der Waals surface area contributed by atoms with Crippen LogP contribution in [0.25, 0.3) is 0 Å². The molecule has 0 fully saturated rings. The Balaban J connectivity index is 0.00000169. The van der Waals surface area contributed by atoms with Gasteiger partial charge in [-0.2, -0.15) is 0 Å². The fraction of sp³-hybridized carbons (Fsp3) is 0.300. The van der Waals surface area contributed by atoms with Gasteiger partial charge in [-0.15, -0.1) is 9.24 Å². The van der Waals surface area contributed by atoms with E-state index in [9.17, 15) is 4.79 Å². The van der Waals surface area contributed by atoms with Crippen LogP contribution in [0.2, 0.25) is 5.02 Å². The van der Waals surface area contributed by atoms with Gasteiger partial charge in [-0.3, -0.25) is 4.79 Å². The van der Waals surface area contributed by atoms with Gasteiger partial charge in [0.05, 0.1) is 5.02 Å². The zero-order valence-corrected chi connectivity index (χ0v) is 10.4. The second-order valence-electron chi connectivity index (χ2n) is 2.89. The summed E-state index contributed by atoms with van der Waals surface area (Å²) in [6, 6.07) is 5.52. The van der Waals surface area contributed by atoms with Crippen LogP contribution in [-0.4, -0.2) is 30.8 Å². The number of ketones is 1. The maximum atomic E-state index is 11.6. The van der Waals surface area contributed by atoms with Gasteiger partial charge in [-0.25, -0.2) is 0 Å². The second kappa shape index (κ2) is 6.65. The number of carbonyl (C=O) groups is 1. The molecule has 1 atom stereocenters. The van der Waals surface area contributed by atoms with E-state index in [-0.39, 0.29) is 24.6 Å². The Bertz CT molecular complexity index is 308. The van der Waals surface area contributed by atoms with Crippen molar-refractivity contribution in [2.75, 3.05) is 6.16 Å². The van der Waals surface area contributed by atoms with Crippen molar-refractivity contribution in [1.82, 2.24) is 0 Å². The molecular weight excluding hydrogens is 209 g/mol. The number of hydrogen-bond donors (Lipinski definition) is 0. The van der Waals surface area contributed by atoms with Crippen molar-refractivity contribution in [3.63, 3.8) is 0 Å². The molecule has 0 aliphatic heterocycles. The first-order valence-electron chi connectivity index (χ1n) is 4.15. The third kappa shape index (κ3) is 3.41. The van der Waals surface area contributed by atoms with Gasteiger partial charge in [0.15, 0.2) is 5.78 Å². The molecule has 0 N–H and O–H groups in total. The van der Waals surface area contributed by atoms with E-state index < -0.39 is 0 Å². The van der Waals surface area contributed by atoms with E-state index in [1.807, 2.05) is 19.1 Å². The van der Waals surface area contributed by atoms with Gasteiger partial charge in [-0.05, 0) is 24.7 Å². The number of carbonyl (C=O) groups excluding carboxylic acids is 1. The van der Waals surface area contributed by atoms with Gasteiger partial charge in [0.2, 0.25) is 0 Å². The summed E-state index contributed by atoms with van der Waals surface area (Å²) in [7, 11) is 2.54. The van der Waals surface area contributed by atoms with E-state index in [1.165, 1.54) is 0 Å². The summed E-state index contributed by atoms with van der Waals surface area (Å²) in [4.78, 5) is 11.6. The van der Waals surface area contributed by atoms with Crippen LogP contribution in [0, 0.1) is 6.92 Å². The molecule has 1 radical (unpaired) electrons. The minimum absolute atomic E-state index is 0. The van der Waals surface area contributed by atoms with E-state index >= 15 is 0 Å². The standard InChI is InChI=1S/C10H12ClOP.Li/c1-7-3-2-4-8(11)10(7)9(12)5-6-13;/h2-4H,5-6,13H2,1H3;. The molecule has 1 rings (SSSR count). The molecule has 1 aromatic carbocycles. The molecule has 0 aliphatic carbocycles. The molecular formula is C10H12ClLiOP. The SMILES string of the molecule is Cc1cccc(Cl)c1C(=O)CCP.[Li]. The molecule has 0 saturated heterocycles. The summed E-state index contributed by atoms with van der Waals surface area (Å²) >= 11 is 5.93. The van der Waals surface area contributed by atoms with Gasteiger partial charge in [-0.1, -0.05) is 23.7 Å². The molecule has 0 spiro atoms. The quantitative estimate of drug-likeness (QED) is 0.436. The van der Waals surface area contributed by atoms with E-state index in [2.05, 4.69) is 9.24 Å². The Morgan fingerprint density at radius 2 is 2.14 bits per heavy atom. The molecule has 0 aliphatic rings. The number of benzene rings is 1. The number of aryl methyl sites for hydroxylation is 1. The predicted octanol–water partition coefficient (Wildman–Crippen LogP) is 2.72. The average Bonchev–Trinajstić information content (AvgIpc) is 2.04. The molecule has 1 nitrogen and oxygen atoms in total. The topological polar surface area (TPSA) is 17.1 Å². The Kier molecular flexibility index (Phi) is 6.75. The van der Waals surface area contributed by atoms with Gasteiger partial charge in [0.25, 0.3) is 0 Å². The number of hydrogen-bond acceptors (Lipinski definition) is 1. The van der Waals surface area contributed by atoms with Crippen LogP contribution >= 0.6 is 20.8 Å². The van der Waals surface area contributed by atoms with Gasteiger partial charge >= 0.3 is 0 Å². The molecule has 0 aromatic heterocycles. The predicted molar refractivity (Wildman–Crippen MR) is 65.5 cm³/mol. The van der Waals surface area contributed by atoms with Crippen LogP contribution in [0.1, 0.15) is 22.3 Å². The van der Waals surface area contributed by atoms with E-state index in [1.54, 1.807) is 6.07 Å². The van der Waals surface area contributed by atoms with Crippen molar-refractivity contribution < 1.29 is 4.79 Å². The molecule has 0 heterocycles. The van der Waals surface area contributed by atoms with Crippen LogP contribution in [0.15, 0.2) is 18.2 Å². The molecule has 0 amide bonds. The van der Waals surface area contributed by atoms with Crippen LogP contribution in [-0.2, 0) is 0 Å². The minimum Gasteiger partial charge on any atom is -0.294 e. The maximum Gasteiger partial charge on any atom is 0.164 e. The summed E-state index contributed by atoms with van der Waals surface area (Å²) in [6.45, 7) is 1.90. The molecule has 14 heavy (non-hydrogen) atoms. The third-order valence-corrected chi connectivity index (χ3v) is 2.48. The first kappa shape index (κ1) is 14.2. The molecule has 0 bridgehead atoms. The Labute approximate surface area is 104 Å². The Morgan fingerprint density at radius 3 is 2.64 bits per heavy atom. The summed E-state index contributed by atoms with van der Waals surface area (Å²) in [5.41, 5.74) is 1.63. The van der Waals surface area contributed by atoms with Gasteiger partial charge < -0.3 is 0 Å². The summed E-state index contributed by atoms with van der Waals surface area (Å²) in [6.07, 6.45) is 1.32. The van der Waals surface area contributed by atoms with Gasteiger partial charge in [0.1, 0.15) is 0 Å². The van der Waals surface area contributed by atoms with E-state index in [0.717, 1.165) is 11.7 Å². The summed E-state index contributed by atoms with van der Waals surface area (Å²) < 4.78 is 0. The van der Waals surface area contributed by atoms with Crippen molar-refractivity contribution in [3.05, 3.63) is 34.3 Å². The Morgan fingerprint density at radius 1 is 1.50 bits per heavy atom. The first-order chi connectivity index (χ1) is 6.16. The van der Waals surface area contributed by atoms with Crippen molar-refractivity contribution >= 4 is 45.5 Å². The van der Waals surface area contributed by atoms with Crippen molar-refractivity contribution in [2.45, 2.75) is 13.3 Å². The molecule has 1 unspecified atom stereocenters. The fourth-order valence-electron chi connectivity index (χ4n) is 1.24. The summed E-state index contributed by atoms with van der Waals surface area (Å²) in [5.74, 6) is 0.123. The number of Topliss-reactive ketones (excluding diaryl/α,β-unsaturated/α-hetero) is 1. The van der Waals surface area contributed by atoms with Gasteiger partial charge in [0, 0.05) is 30.8 Å². The monoisotopic (exact) mass is 221 g/mol. The van der Waals surface area contributed by atoms with Crippen molar-refractivity contribution in [3.8, 4) is 0 Å². The van der Waals surface area contributed by atoms with Crippen LogP contribution in [0.4, 0.5) is 0 Å². The van der Waals surface area contributed by atoms with Crippen LogP contribution in [0.5, 0.6) is 0 Å². The average molecular weight is 222 g/mol. The molecule has 1 aromatic rings. The molecule has 0 saturated carbocycles. The van der Waals surface area contributed by atoms with E-state index in [4.69, 9.17) is 11.6 Å². The minimum atomic E-state index is 0. The molecule has 4 heteroatoms. The number of rotatable bonds is 3. The second-order valence-corrected chi connectivity index (χ2v) is 3.88. The zero-order chi connectivity index (χ0) is 9.84. The smallest absolute Gasteiger partial charge is 0.164 e. The van der Waals surface area contributed by atoms with Crippen LogP contribution < -0.4 is 0 Å². The largest absolute Gasteiger partial charge is 0.294 e. The van der Waals surface area contributed by atoms with Crippen molar-refractivity contribution in [2.24, 2.45) is 0 Å². The normalized spacial score (nSPS) is 9.36. The van der Waals surface area contributed by atoms with E-state index in [0.29, 0.717) is 17.0 Å². The van der Waals surface area contributed by atoms with Crippen LogP contribution in [0.3, 0.4) is 0 Å².